The van der Waals surface area contributed by atoms with E-state index in [9.17, 15) is 0 Å². The maximum absolute atomic E-state index is 5.75. The molecule has 19 heavy (non-hydrogen) atoms. The quantitative estimate of drug-likeness (QED) is 0.866. The van der Waals surface area contributed by atoms with Crippen LogP contribution in [0.2, 0.25) is 0 Å². The molecule has 0 bridgehead atoms. The zero-order valence-corrected chi connectivity index (χ0v) is 11.8. The van der Waals surface area contributed by atoms with E-state index in [2.05, 4.69) is 28.1 Å². The van der Waals surface area contributed by atoms with E-state index in [-0.39, 0.29) is 12.4 Å². The van der Waals surface area contributed by atoms with Crippen LogP contribution < -0.4 is 0 Å². The Kier molecular flexibility index (Phi) is 4.56. The zero-order chi connectivity index (χ0) is 12.4. The van der Waals surface area contributed by atoms with Crippen molar-refractivity contribution in [2.75, 3.05) is 13.1 Å². The maximum Gasteiger partial charge on any atom is 0.248 e. The van der Waals surface area contributed by atoms with Crippen LogP contribution in [0.5, 0.6) is 0 Å². The van der Waals surface area contributed by atoms with Crippen molar-refractivity contribution in [1.29, 1.82) is 0 Å². The lowest BCUT2D eigenvalue weighted by atomic mass is 10.1. The number of benzene rings is 1. The van der Waals surface area contributed by atoms with Crippen molar-refractivity contribution in [2.24, 2.45) is 0 Å². The molecule has 1 fully saturated rings. The fourth-order valence-electron chi connectivity index (χ4n) is 2.37. The highest BCUT2D eigenvalue weighted by Crippen LogP contribution is 2.22. The molecular weight excluding hydrogens is 262 g/mol. The first kappa shape index (κ1) is 14.0. The molecule has 0 N–H and O–H groups in total. The van der Waals surface area contributed by atoms with Gasteiger partial charge in [-0.05, 0) is 44.5 Å². The van der Waals surface area contributed by atoms with Crippen molar-refractivity contribution >= 4 is 12.4 Å². The molecule has 1 aliphatic heterocycles. The molecule has 0 saturated carbocycles. The van der Waals surface area contributed by atoms with Crippen molar-refractivity contribution in [1.82, 2.24) is 15.1 Å². The van der Waals surface area contributed by atoms with Crippen LogP contribution in [0.1, 0.15) is 24.3 Å². The molecule has 102 valence electrons. The average Bonchev–Trinajstić information content (AvgIpc) is 3.02. The lowest BCUT2D eigenvalue weighted by Gasteiger charge is -2.10. The molecule has 2 heterocycles. The summed E-state index contributed by atoms with van der Waals surface area (Å²) in [4.78, 5) is 2.36. The highest BCUT2D eigenvalue weighted by molar-refractivity contribution is 5.85. The van der Waals surface area contributed by atoms with Gasteiger partial charge >= 0.3 is 0 Å². The molecule has 1 aromatic heterocycles. The summed E-state index contributed by atoms with van der Waals surface area (Å²) in [7, 11) is 0. The summed E-state index contributed by atoms with van der Waals surface area (Å²) in [5.41, 5.74) is 2.19. The standard InChI is InChI=1S/C14H17N3O.ClH/c1-11-6-2-3-7-12(11)14-16-15-13(18-14)10-17-8-4-5-9-17;/h2-3,6-7H,4-5,8-10H2,1H3;1H. The molecule has 0 radical (unpaired) electrons. The van der Waals surface area contributed by atoms with E-state index in [0.717, 1.165) is 36.7 Å². The van der Waals surface area contributed by atoms with Gasteiger partial charge < -0.3 is 4.42 Å². The summed E-state index contributed by atoms with van der Waals surface area (Å²) in [5.74, 6) is 1.34. The van der Waals surface area contributed by atoms with Crippen LogP contribution in [0, 0.1) is 6.92 Å². The van der Waals surface area contributed by atoms with Gasteiger partial charge in [0.05, 0.1) is 6.54 Å². The molecule has 2 aromatic rings. The smallest absolute Gasteiger partial charge is 0.248 e. The predicted octanol–water partition coefficient (Wildman–Crippen LogP) is 3.06. The van der Waals surface area contributed by atoms with E-state index in [0.29, 0.717) is 5.89 Å². The minimum Gasteiger partial charge on any atom is -0.419 e. The van der Waals surface area contributed by atoms with E-state index < -0.39 is 0 Å². The predicted molar refractivity (Wildman–Crippen MR) is 76.2 cm³/mol. The number of hydrogen-bond acceptors (Lipinski definition) is 4. The van der Waals surface area contributed by atoms with Gasteiger partial charge in [-0.2, -0.15) is 0 Å². The highest BCUT2D eigenvalue weighted by atomic mass is 35.5. The summed E-state index contributed by atoms with van der Waals surface area (Å²) < 4.78 is 5.75. The second-order valence-electron chi connectivity index (χ2n) is 4.80. The molecular formula is C14H18ClN3O. The molecule has 0 atom stereocenters. The molecule has 0 amide bonds. The largest absolute Gasteiger partial charge is 0.419 e. The Morgan fingerprint density at radius 3 is 2.63 bits per heavy atom. The summed E-state index contributed by atoms with van der Waals surface area (Å²) in [6.45, 7) is 5.11. The summed E-state index contributed by atoms with van der Waals surface area (Å²) in [5, 5.41) is 8.28. The van der Waals surface area contributed by atoms with Crippen LogP contribution in [-0.4, -0.2) is 28.2 Å². The van der Waals surface area contributed by atoms with Crippen LogP contribution in [-0.2, 0) is 6.54 Å². The number of aryl methyl sites for hydroxylation is 1. The Morgan fingerprint density at radius 1 is 1.16 bits per heavy atom. The van der Waals surface area contributed by atoms with Gasteiger partial charge in [0.15, 0.2) is 0 Å². The first-order chi connectivity index (χ1) is 8.83. The van der Waals surface area contributed by atoms with E-state index in [4.69, 9.17) is 4.42 Å². The number of halogens is 1. The molecule has 1 saturated heterocycles. The van der Waals surface area contributed by atoms with Crippen LogP contribution in [0.4, 0.5) is 0 Å². The van der Waals surface area contributed by atoms with Crippen molar-refractivity contribution in [2.45, 2.75) is 26.3 Å². The van der Waals surface area contributed by atoms with Crippen molar-refractivity contribution in [3.63, 3.8) is 0 Å². The van der Waals surface area contributed by atoms with Gasteiger partial charge in [0.2, 0.25) is 11.8 Å². The summed E-state index contributed by atoms with van der Waals surface area (Å²) in [6, 6.07) is 8.08. The lowest BCUT2D eigenvalue weighted by Crippen LogP contribution is -2.18. The van der Waals surface area contributed by atoms with Crippen LogP contribution in [0.25, 0.3) is 11.5 Å². The van der Waals surface area contributed by atoms with Crippen molar-refractivity contribution in [3.8, 4) is 11.5 Å². The third-order valence-corrected chi connectivity index (χ3v) is 3.40. The molecule has 5 heteroatoms. The molecule has 4 nitrogen and oxygen atoms in total. The molecule has 3 rings (SSSR count). The summed E-state index contributed by atoms with van der Waals surface area (Å²) in [6.07, 6.45) is 2.55. The first-order valence-corrected chi connectivity index (χ1v) is 6.44. The molecule has 0 spiro atoms. The zero-order valence-electron chi connectivity index (χ0n) is 11.0. The van der Waals surface area contributed by atoms with Gasteiger partial charge in [-0.1, -0.05) is 18.2 Å². The second-order valence-corrected chi connectivity index (χ2v) is 4.80. The number of likely N-dealkylation sites (tertiary alicyclic amines) is 1. The van der Waals surface area contributed by atoms with Gasteiger partial charge in [0.1, 0.15) is 0 Å². The Balaban J connectivity index is 0.00000133. The van der Waals surface area contributed by atoms with Gasteiger partial charge in [0.25, 0.3) is 0 Å². The average molecular weight is 280 g/mol. The van der Waals surface area contributed by atoms with Gasteiger partial charge in [-0.25, -0.2) is 0 Å². The monoisotopic (exact) mass is 279 g/mol. The third kappa shape index (κ3) is 3.14. The third-order valence-electron chi connectivity index (χ3n) is 3.40. The Bertz CT molecular complexity index is 535. The number of hydrogen-bond donors (Lipinski definition) is 0. The number of rotatable bonds is 3. The highest BCUT2D eigenvalue weighted by Gasteiger charge is 2.16. The lowest BCUT2D eigenvalue weighted by molar-refractivity contribution is 0.292. The van der Waals surface area contributed by atoms with E-state index in [1.54, 1.807) is 0 Å². The van der Waals surface area contributed by atoms with Crippen molar-refractivity contribution in [3.05, 3.63) is 35.7 Å². The topological polar surface area (TPSA) is 42.2 Å². The van der Waals surface area contributed by atoms with Crippen LogP contribution >= 0.6 is 12.4 Å². The van der Waals surface area contributed by atoms with Crippen LogP contribution in [0.15, 0.2) is 28.7 Å². The minimum absolute atomic E-state index is 0. The van der Waals surface area contributed by atoms with E-state index in [1.165, 1.54) is 12.8 Å². The Hall–Kier alpha value is -1.39. The maximum atomic E-state index is 5.75. The molecule has 0 aliphatic carbocycles. The van der Waals surface area contributed by atoms with Crippen molar-refractivity contribution < 1.29 is 4.42 Å². The molecule has 1 aliphatic rings. The van der Waals surface area contributed by atoms with Gasteiger partial charge in [-0.3, -0.25) is 4.90 Å². The Morgan fingerprint density at radius 2 is 1.89 bits per heavy atom. The second kappa shape index (κ2) is 6.17. The first-order valence-electron chi connectivity index (χ1n) is 6.44. The van der Waals surface area contributed by atoms with E-state index in [1.807, 2.05) is 18.2 Å². The fourth-order valence-corrected chi connectivity index (χ4v) is 2.37. The minimum atomic E-state index is 0. The van der Waals surface area contributed by atoms with Gasteiger partial charge in [0, 0.05) is 5.56 Å². The Labute approximate surface area is 119 Å². The SMILES string of the molecule is Cc1ccccc1-c1nnc(CN2CCCC2)o1.Cl. The van der Waals surface area contributed by atoms with Gasteiger partial charge in [-0.15, -0.1) is 22.6 Å². The summed E-state index contributed by atoms with van der Waals surface area (Å²) >= 11 is 0. The molecule has 0 unspecified atom stereocenters. The number of aromatic nitrogens is 2. The normalized spacial score (nSPS) is 15.4. The fraction of sp³-hybridized carbons (Fsp3) is 0.429. The molecule has 1 aromatic carbocycles. The number of nitrogens with zero attached hydrogens (tertiary/aromatic N) is 3. The van der Waals surface area contributed by atoms with E-state index >= 15 is 0 Å². The van der Waals surface area contributed by atoms with Crippen LogP contribution in [0.3, 0.4) is 0 Å².